The molecule has 0 atom stereocenters. The Hall–Kier alpha value is -1.37. The number of nitrogens with zero attached hydrogens (tertiary/aromatic N) is 2. The minimum absolute atomic E-state index is 0.238. The number of hydrogen-bond donors (Lipinski definition) is 1. The normalized spacial score (nSPS) is 17.8. The first-order chi connectivity index (χ1) is 11.9. The Balaban J connectivity index is 1.46. The second-order valence-electron chi connectivity index (χ2n) is 7.07. The van der Waals surface area contributed by atoms with Crippen LogP contribution in [0.5, 0.6) is 0 Å². The van der Waals surface area contributed by atoms with Crippen LogP contribution in [0.25, 0.3) is 0 Å². The van der Waals surface area contributed by atoms with Gasteiger partial charge in [-0.25, -0.2) is 13.1 Å². The Kier molecular flexibility index (Phi) is 4.38. The molecular weight excluding hydrogens is 358 g/mol. The smallest absolute Gasteiger partial charge is 0.240 e. The molecule has 0 radical (unpaired) electrons. The van der Waals surface area contributed by atoms with Gasteiger partial charge in [0.15, 0.2) is 0 Å². The summed E-state index contributed by atoms with van der Waals surface area (Å²) in [6.45, 7) is 2.64. The number of sulfonamides is 1. The fourth-order valence-electron chi connectivity index (χ4n) is 3.14. The van der Waals surface area contributed by atoms with Crippen molar-refractivity contribution in [3.63, 3.8) is 0 Å². The number of halogens is 1. The molecule has 0 bridgehead atoms. The molecule has 0 aliphatic heterocycles. The van der Waals surface area contributed by atoms with E-state index in [4.69, 9.17) is 16.7 Å². The average molecular weight is 380 g/mol. The van der Waals surface area contributed by atoms with E-state index < -0.39 is 10.0 Å². The van der Waals surface area contributed by atoms with Crippen molar-refractivity contribution in [1.82, 2.24) is 14.5 Å². The maximum atomic E-state index is 12.6. The Labute approximate surface area is 153 Å². The third-order valence-corrected chi connectivity index (χ3v) is 6.71. The summed E-state index contributed by atoms with van der Waals surface area (Å²) in [4.78, 5) is 0.238. The molecule has 0 unspecified atom stereocenters. The standard InChI is InChI=1S/C18H22ClN3O2S/c1-12-2-7-15(19)10-18(12)25(23,24)20-8-9-22-17(14-5-6-14)11-16(21-22)13-3-4-13/h2,7,10-11,13-14,20H,3-6,8-9H2,1H3. The average Bonchev–Trinajstić information content (AvgIpc) is 3.48. The first-order valence-electron chi connectivity index (χ1n) is 8.77. The zero-order valence-corrected chi connectivity index (χ0v) is 15.8. The highest BCUT2D eigenvalue weighted by Gasteiger charge is 2.32. The molecule has 1 aromatic carbocycles. The molecular formula is C18H22ClN3O2S. The lowest BCUT2D eigenvalue weighted by Gasteiger charge is -2.11. The lowest BCUT2D eigenvalue weighted by molar-refractivity contribution is 0.548. The number of nitrogens with one attached hydrogen (secondary N) is 1. The maximum absolute atomic E-state index is 12.6. The summed E-state index contributed by atoms with van der Waals surface area (Å²) in [5.74, 6) is 1.22. The molecule has 134 valence electrons. The predicted molar refractivity (Wildman–Crippen MR) is 97.6 cm³/mol. The van der Waals surface area contributed by atoms with Crippen molar-refractivity contribution in [2.75, 3.05) is 6.54 Å². The lowest BCUT2D eigenvalue weighted by atomic mass is 10.2. The van der Waals surface area contributed by atoms with Crippen molar-refractivity contribution in [3.8, 4) is 0 Å². The van der Waals surface area contributed by atoms with E-state index >= 15 is 0 Å². The molecule has 2 fully saturated rings. The van der Waals surface area contributed by atoms with E-state index in [1.165, 1.54) is 43.1 Å². The van der Waals surface area contributed by atoms with Gasteiger partial charge in [-0.1, -0.05) is 17.7 Å². The molecule has 0 spiro atoms. The van der Waals surface area contributed by atoms with Crippen LogP contribution in [0.3, 0.4) is 0 Å². The van der Waals surface area contributed by atoms with Crippen LogP contribution in [0, 0.1) is 6.92 Å². The molecule has 5 nitrogen and oxygen atoms in total. The van der Waals surface area contributed by atoms with Gasteiger partial charge in [-0.15, -0.1) is 0 Å². The molecule has 4 rings (SSSR count). The van der Waals surface area contributed by atoms with Gasteiger partial charge < -0.3 is 0 Å². The van der Waals surface area contributed by atoms with Crippen molar-refractivity contribution >= 4 is 21.6 Å². The van der Waals surface area contributed by atoms with E-state index in [2.05, 4.69) is 10.8 Å². The van der Waals surface area contributed by atoms with Crippen LogP contribution in [-0.4, -0.2) is 24.7 Å². The molecule has 7 heteroatoms. The summed E-state index contributed by atoms with van der Waals surface area (Å²) in [6.07, 6.45) is 4.87. The quantitative estimate of drug-likeness (QED) is 0.799. The van der Waals surface area contributed by atoms with Crippen molar-refractivity contribution in [2.45, 2.75) is 55.9 Å². The van der Waals surface area contributed by atoms with Crippen LogP contribution in [-0.2, 0) is 16.6 Å². The van der Waals surface area contributed by atoms with Crippen LogP contribution in [0.4, 0.5) is 0 Å². The minimum atomic E-state index is -3.57. The molecule has 2 aliphatic rings. The fourth-order valence-corrected chi connectivity index (χ4v) is 4.67. The van der Waals surface area contributed by atoms with E-state index in [9.17, 15) is 8.42 Å². The minimum Gasteiger partial charge on any atom is -0.268 e. The van der Waals surface area contributed by atoms with E-state index in [1.54, 1.807) is 19.1 Å². The zero-order chi connectivity index (χ0) is 17.6. The predicted octanol–water partition coefficient (Wildman–Crippen LogP) is 3.58. The van der Waals surface area contributed by atoms with Crippen LogP contribution in [0.1, 0.15) is 54.5 Å². The number of aryl methyl sites for hydroxylation is 1. The van der Waals surface area contributed by atoms with Gasteiger partial charge in [-0.3, -0.25) is 4.68 Å². The van der Waals surface area contributed by atoms with Crippen LogP contribution >= 0.6 is 11.6 Å². The number of benzene rings is 1. The number of hydrogen-bond acceptors (Lipinski definition) is 3. The lowest BCUT2D eigenvalue weighted by Crippen LogP contribution is -2.28. The van der Waals surface area contributed by atoms with Crippen molar-refractivity contribution in [1.29, 1.82) is 0 Å². The van der Waals surface area contributed by atoms with Gasteiger partial charge in [0.05, 0.1) is 17.1 Å². The Morgan fingerprint density at radius 1 is 1.20 bits per heavy atom. The highest BCUT2D eigenvalue weighted by atomic mass is 35.5. The molecule has 0 saturated heterocycles. The highest BCUT2D eigenvalue weighted by Crippen LogP contribution is 2.44. The Morgan fingerprint density at radius 2 is 1.92 bits per heavy atom. The molecule has 2 saturated carbocycles. The molecule has 1 heterocycles. The van der Waals surface area contributed by atoms with Gasteiger partial charge in [-0.05, 0) is 56.4 Å². The number of rotatable bonds is 7. The Bertz CT molecular complexity index is 899. The third kappa shape index (κ3) is 3.76. The zero-order valence-electron chi connectivity index (χ0n) is 14.2. The van der Waals surface area contributed by atoms with Crippen molar-refractivity contribution in [2.24, 2.45) is 0 Å². The van der Waals surface area contributed by atoms with E-state index in [-0.39, 0.29) is 4.90 Å². The summed E-state index contributed by atoms with van der Waals surface area (Å²) in [6, 6.07) is 7.14. The van der Waals surface area contributed by atoms with E-state index in [0.29, 0.717) is 35.5 Å². The van der Waals surface area contributed by atoms with Crippen LogP contribution < -0.4 is 4.72 Å². The molecule has 2 aromatic rings. The Morgan fingerprint density at radius 3 is 2.60 bits per heavy atom. The van der Waals surface area contributed by atoms with Crippen molar-refractivity contribution < 1.29 is 8.42 Å². The molecule has 0 amide bonds. The topological polar surface area (TPSA) is 64.0 Å². The first-order valence-corrected chi connectivity index (χ1v) is 10.6. The first kappa shape index (κ1) is 17.1. The van der Waals surface area contributed by atoms with Gasteiger partial charge >= 0.3 is 0 Å². The van der Waals surface area contributed by atoms with Gasteiger partial charge in [0.2, 0.25) is 10.0 Å². The molecule has 1 aromatic heterocycles. The van der Waals surface area contributed by atoms with Crippen molar-refractivity contribution in [3.05, 3.63) is 46.2 Å². The summed E-state index contributed by atoms with van der Waals surface area (Å²) in [7, 11) is -3.57. The van der Waals surface area contributed by atoms with Gasteiger partial charge in [0, 0.05) is 29.1 Å². The maximum Gasteiger partial charge on any atom is 0.240 e. The van der Waals surface area contributed by atoms with Gasteiger partial charge in [0.1, 0.15) is 0 Å². The number of aromatic nitrogens is 2. The largest absolute Gasteiger partial charge is 0.268 e. The second kappa shape index (κ2) is 6.41. The molecule has 25 heavy (non-hydrogen) atoms. The van der Waals surface area contributed by atoms with Crippen LogP contribution in [0.15, 0.2) is 29.2 Å². The fraction of sp³-hybridized carbons (Fsp3) is 0.500. The van der Waals surface area contributed by atoms with Gasteiger partial charge in [-0.2, -0.15) is 5.10 Å². The van der Waals surface area contributed by atoms with E-state index in [1.807, 2.05) is 4.68 Å². The van der Waals surface area contributed by atoms with Crippen LogP contribution in [0.2, 0.25) is 5.02 Å². The second-order valence-corrected chi connectivity index (χ2v) is 9.25. The summed E-state index contributed by atoms with van der Waals surface area (Å²) >= 11 is 5.95. The monoisotopic (exact) mass is 379 g/mol. The summed E-state index contributed by atoms with van der Waals surface area (Å²) in [5.41, 5.74) is 3.13. The molecule has 1 N–H and O–H groups in total. The van der Waals surface area contributed by atoms with E-state index in [0.717, 1.165) is 0 Å². The highest BCUT2D eigenvalue weighted by molar-refractivity contribution is 7.89. The molecule has 2 aliphatic carbocycles. The third-order valence-electron chi connectivity index (χ3n) is 4.88. The SMILES string of the molecule is Cc1ccc(Cl)cc1S(=O)(=O)NCCn1nc(C2CC2)cc1C1CC1. The summed E-state index contributed by atoms with van der Waals surface area (Å²) in [5, 5.41) is 5.14. The summed E-state index contributed by atoms with van der Waals surface area (Å²) < 4.78 is 29.8. The van der Waals surface area contributed by atoms with Gasteiger partial charge in [0.25, 0.3) is 0 Å².